The molecule has 7 heteroatoms. The number of pyridine rings is 2. The van der Waals surface area contributed by atoms with Gasteiger partial charge in [-0.25, -0.2) is 4.98 Å². The lowest BCUT2D eigenvalue weighted by Gasteiger charge is -2.50. The molecule has 3 aromatic heterocycles. The van der Waals surface area contributed by atoms with E-state index in [0.29, 0.717) is 17.6 Å². The molecule has 0 atom stereocenters. The Labute approximate surface area is 295 Å². The molecule has 0 aliphatic carbocycles. The second-order valence-electron chi connectivity index (χ2n) is 12.6. The number of para-hydroxylation sites is 5. The van der Waals surface area contributed by atoms with Gasteiger partial charge in [-0.05, 0) is 82.9 Å². The summed E-state index contributed by atoms with van der Waals surface area (Å²) in [7, 11) is 0. The van der Waals surface area contributed by atoms with E-state index in [9.17, 15) is 0 Å². The second kappa shape index (κ2) is 11.6. The standard InChI is InChI=1S/C44H29N7/c1-2-16-32(17-3-1)50-37-22-8-4-18-33(37)44(34-19-5-9-23-38(34)50)35-20-6-10-24-39(35)51(40-25-11-7-21-36(40)44)43-48-41(30-14-12-26-45-28-30)47-42(49-43)31-15-13-27-46-29-31/h1-29H. The zero-order valence-electron chi connectivity index (χ0n) is 27.4. The zero-order valence-corrected chi connectivity index (χ0v) is 27.4. The van der Waals surface area contributed by atoms with Crippen molar-refractivity contribution in [1.29, 1.82) is 0 Å². The highest BCUT2D eigenvalue weighted by molar-refractivity contribution is 5.95. The average molecular weight is 656 g/mol. The molecule has 7 nitrogen and oxygen atoms in total. The van der Waals surface area contributed by atoms with Gasteiger partial charge in [0.2, 0.25) is 5.95 Å². The van der Waals surface area contributed by atoms with Gasteiger partial charge in [0.25, 0.3) is 0 Å². The number of rotatable bonds is 4. The van der Waals surface area contributed by atoms with Crippen molar-refractivity contribution in [2.24, 2.45) is 0 Å². The van der Waals surface area contributed by atoms with Crippen LogP contribution in [0.2, 0.25) is 0 Å². The Morgan fingerprint density at radius 2 is 0.784 bits per heavy atom. The number of anilines is 6. The predicted octanol–water partition coefficient (Wildman–Crippen LogP) is 9.94. The van der Waals surface area contributed by atoms with Crippen LogP contribution >= 0.6 is 0 Å². The Morgan fingerprint density at radius 3 is 1.22 bits per heavy atom. The molecular weight excluding hydrogens is 627 g/mol. The molecule has 5 heterocycles. The van der Waals surface area contributed by atoms with Crippen LogP contribution in [0.4, 0.5) is 34.4 Å². The topological polar surface area (TPSA) is 70.9 Å². The molecule has 2 aliphatic heterocycles. The van der Waals surface area contributed by atoms with E-state index in [-0.39, 0.29) is 0 Å². The first kappa shape index (κ1) is 29.0. The summed E-state index contributed by atoms with van der Waals surface area (Å²) in [6, 6.07) is 53.3. The molecule has 5 aromatic carbocycles. The maximum Gasteiger partial charge on any atom is 0.238 e. The number of hydrogen-bond donors (Lipinski definition) is 0. The van der Waals surface area contributed by atoms with Gasteiger partial charge in [-0.2, -0.15) is 9.97 Å². The first-order valence-electron chi connectivity index (χ1n) is 16.9. The third kappa shape index (κ3) is 4.35. The molecule has 240 valence electrons. The summed E-state index contributed by atoms with van der Waals surface area (Å²) in [5.74, 6) is 1.59. The lowest BCUT2D eigenvalue weighted by atomic mass is 9.60. The highest BCUT2D eigenvalue weighted by Crippen LogP contribution is 2.63. The highest BCUT2D eigenvalue weighted by atomic mass is 15.3. The van der Waals surface area contributed by atoms with Gasteiger partial charge in [-0.15, -0.1) is 0 Å². The van der Waals surface area contributed by atoms with E-state index in [1.807, 2.05) is 24.3 Å². The third-order valence-electron chi connectivity index (χ3n) is 9.87. The fraction of sp³-hybridized carbons (Fsp3) is 0.0227. The Morgan fingerprint density at radius 1 is 0.373 bits per heavy atom. The average Bonchev–Trinajstić information content (AvgIpc) is 3.21. The summed E-state index contributed by atoms with van der Waals surface area (Å²) in [5, 5.41) is 0. The van der Waals surface area contributed by atoms with Crippen LogP contribution in [0.1, 0.15) is 22.3 Å². The Bertz CT molecular complexity index is 2400. The van der Waals surface area contributed by atoms with E-state index in [0.717, 1.165) is 50.7 Å². The van der Waals surface area contributed by atoms with Crippen LogP contribution in [0.15, 0.2) is 176 Å². The number of aromatic nitrogens is 5. The van der Waals surface area contributed by atoms with Crippen molar-refractivity contribution < 1.29 is 0 Å². The quantitative estimate of drug-likeness (QED) is 0.187. The first-order chi connectivity index (χ1) is 25.3. The second-order valence-corrected chi connectivity index (χ2v) is 12.6. The minimum absolute atomic E-state index is 0.515. The monoisotopic (exact) mass is 655 g/mol. The van der Waals surface area contributed by atoms with E-state index >= 15 is 0 Å². The zero-order chi connectivity index (χ0) is 33.8. The van der Waals surface area contributed by atoms with Gasteiger partial charge in [0.15, 0.2) is 11.6 Å². The lowest BCUT2D eigenvalue weighted by molar-refractivity contribution is 0.716. The molecule has 0 saturated heterocycles. The number of fused-ring (bicyclic) bond motifs is 8. The molecule has 8 aromatic rings. The molecule has 0 amide bonds. The van der Waals surface area contributed by atoms with Gasteiger partial charge < -0.3 is 4.90 Å². The molecule has 0 bridgehead atoms. The van der Waals surface area contributed by atoms with Crippen molar-refractivity contribution in [3.63, 3.8) is 0 Å². The molecule has 10 rings (SSSR count). The number of benzene rings is 5. The lowest BCUT2D eigenvalue weighted by Crippen LogP contribution is -2.42. The van der Waals surface area contributed by atoms with Crippen LogP contribution in [0.25, 0.3) is 22.8 Å². The summed E-state index contributed by atoms with van der Waals surface area (Å²) in [5.41, 5.74) is 11.0. The van der Waals surface area contributed by atoms with E-state index < -0.39 is 5.41 Å². The maximum absolute atomic E-state index is 5.16. The summed E-state index contributed by atoms with van der Waals surface area (Å²) in [4.78, 5) is 28.6. The Balaban J connectivity index is 1.28. The van der Waals surface area contributed by atoms with Crippen LogP contribution in [-0.4, -0.2) is 24.9 Å². The van der Waals surface area contributed by atoms with E-state index in [2.05, 4.69) is 147 Å². The summed E-state index contributed by atoms with van der Waals surface area (Å²) < 4.78 is 0. The minimum Gasteiger partial charge on any atom is -0.310 e. The normalized spacial score (nSPS) is 13.6. The maximum atomic E-state index is 5.16. The van der Waals surface area contributed by atoms with Crippen molar-refractivity contribution in [3.8, 4) is 22.8 Å². The molecule has 0 unspecified atom stereocenters. The molecule has 0 saturated carbocycles. The highest BCUT2D eigenvalue weighted by Gasteiger charge is 2.52. The van der Waals surface area contributed by atoms with Crippen LogP contribution < -0.4 is 9.80 Å². The number of hydrogen-bond acceptors (Lipinski definition) is 7. The van der Waals surface area contributed by atoms with Crippen molar-refractivity contribution in [3.05, 3.63) is 199 Å². The molecule has 0 fully saturated rings. The smallest absolute Gasteiger partial charge is 0.238 e. The molecule has 1 spiro atoms. The third-order valence-corrected chi connectivity index (χ3v) is 9.87. The Hall–Kier alpha value is -6.99. The van der Waals surface area contributed by atoms with Crippen LogP contribution in [0.3, 0.4) is 0 Å². The minimum atomic E-state index is -0.645. The summed E-state index contributed by atoms with van der Waals surface area (Å²) in [6.07, 6.45) is 7.08. The molecular formula is C44H29N7. The van der Waals surface area contributed by atoms with Gasteiger partial charge >= 0.3 is 0 Å². The fourth-order valence-electron chi connectivity index (χ4n) is 7.86. The fourth-order valence-corrected chi connectivity index (χ4v) is 7.86. The SMILES string of the molecule is c1ccc(N2c3ccccc3C3(c4ccccc42)c2ccccc2N(c2nc(-c4cccnc4)nc(-c4cccnc4)n2)c2ccccc23)cc1. The Kier molecular flexibility index (Phi) is 6.57. The number of nitrogens with zero attached hydrogens (tertiary/aromatic N) is 7. The van der Waals surface area contributed by atoms with Gasteiger partial charge in [-0.1, -0.05) is 91.0 Å². The summed E-state index contributed by atoms with van der Waals surface area (Å²) >= 11 is 0. The van der Waals surface area contributed by atoms with Crippen LogP contribution in [0.5, 0.6) is 0 Å². The van der Waals surface area contributed by atoms with Crippen LogP contribution in [-0.2, 0) is 5.41 Å². The molecule has 51 heavy (non-hydrogen) atoms. The molecule has 0 N–H and O–H groups in total. The van der Waals surface area contributed by atoms with Crippen molar-refractivity contribution in [1.82, 2.24) is 24.9 Å². The van der Waals surface area contributed by atoms with Crippen molar-refractivity contribution in [2.45, 2.75) is 5.41 Å². The predicted molar refractivity (Wildman–Crippen MR) is 201 cm³/mol. The van der Waals surface area contributed by atoms with Gasteiger partial charge in [0, 0.05) is 41.6 Å². The molecule has 0 radical (unpaired) electrons. The van der Waals surface area contributed by atoms with E-state index in [1.54, 1.807) is 24.8 Å². The van der Waals surface area contributed by atoms with Gasteiger partial charge in [0.1, 0.15) is 0 Å². The van der Waals surface area contributed by atoms with Gasteiger partial charge in [-0.3, -0.25) is 14.9 Å². The summed E-state index contributed by atoms with van der Waals surface area (Å²) in [6.45, 7) is 0. The first-order valence-corrected chi connectivity index (χ1v) is 16.9. The van der Waals surface area contributed by atoms with Crippen molar-refractivity contribution in [2.75, 3.05) is 9.80 Å². The van der Waals surface area contributed by atoms with E-state index in [1.165, 1.54) is 11.1 Å². The van der Waals surface area contributed by atoms with Crippen molar-refractivity contribution >= 4 is 34.4 Å². The van der Waals surface area contributed by atoms with Crippen LogP contribution in [0, 0.1) is 0 Å². The van der Waals surface area contributed by atoms with Gasteiger partial charge in [0.05, 0.1) is 28.2 Å². The van der Waals surface area contributed by atoms with E-state index in [4.69, 9.17) is 15.0 Å². The molecule has 2 aliphatic rings. The largest absolute Gasteiger partial charge is 0.310 e.